The van der Waals surface area contributed by atoms with E-state index in [-0.39, 0.29) is 31.0 Å². The third-order valence-electron chi connectivity index (χ3n) is 3.05. The second-order valence-electron chi connectivity index (χ2n) is 4.81. The Morgan fingerprint density at radius 1 is 1.29 bits per heavy atom. The number of nitrogens with two attached hydrogens (primary N) is 1. The summed E-state index contributed by atoms with van der Waals surface area (Å²) in [5.74, 6) is -0.172. The van der Waals surface area contributed by atoms with E-state index < -0.39 is 11.7 Å². The Kier molecular flexibility index (Phi) is 6.02. The number of amides is 1. The van der Waals surface area contributed by atoms with Crippen LogP contribution in [0.1, 0.15) is 19.4 Å². The van der Waals surface area contributed by atoms with Crippen molar-refractivity contribution in [1.82, 2.24) is 5.32 Å². The van der Waals surface area contributed by atoms with E-state index >= 15 is 0 Å². The highest BCUT2D eigenvalue weighted by atomic mass is 19.4. The van der Waals surface area contributed by atoms with Gasteiger partial charge in [-0.25, -0.2) is 0 Å². The Balaban J connectivity index is 2.35. The van der Waals surface area contributed by atoms with Gasteiger partial charge in [-0.3, -0.25) is 4.79 Å². The number of carbonyl (C=O) groups is 1. The average molecular weight is 304 g/mol. The zero-order valence-electron chi connectivity index (χ0n) is 11.9. The van der Waals surface area contributed by atoms with Gasteiger partial charge in [0.15, 0.2) is 0 Å². The van der Waals surface area contributed by atoms with Crippen molar-refractivity contribution in [3.63, 3.8) is 0 Å². The third-order valence-corrected chi connectivity index (χ3v) is 3.05. The second-order valence-corrected chi connectivity index (χ2v) is 4.81. The maximum Gasteiger partial charge on any atom is 0.416 e. The van der Waals surface area contributed by atoms with Gasteiger partial charge in [-0.15, -0.1) is 0 Å². The van der Waals surface area contributed by atoms with E-state index in [1.165, 1.54) is 12.1 Å². The number of ether oxygens (including phenoxy) is 1. The van der Waals surface area contributed by atoms with Gasteiger partial charge in [0.05, 0.1) is 12.1 Å². The molecule has 21 heavy (non-hydrogen) atoms. The van der Waals surface area contributed by atoms with Gasteiger partial charge in [-0.2, -0.15) is 13.2 Å². The van der Waals surface area contributed by atoms with Crippen LogP contribution in [0, 0.1) is 5.92 Å². The highest BCUT2D eigenvalue weighted by Crippen LogP contribution is 2.30. The Bertz CT molecular complexity index is 458. The highest BCUT2D eigenvalue weighted by Gasteiger charge is 2.30. The van der Waals surface area contributed by atoms with Crippen LogP contribution in [-0.2, 0) is 11.0 Å². The lowest BCUT2D eigenvalue weighted by Gasteiger charge is -2.15. The molecule has 0 spiro atoms. The molecule has 7 heteroatoms. The smallest absolute Gasteiger partial charge is 0.416 e. The molecule has 0 aromatic heterocycles. The monoisotopic (exact) mass is 304 g/mol. The van der Waals surface area contributed by atoms with Crippen LogP contribution in [0.4, 0.5) is 13.2 Å². The Hall–Kier alpha value is -1.76. The summed E-state index contributed by atoms with van der Waals surface area (Å²) in [5, 5.41) is 2.65. The molecule has 0 aliphatic carbocycles. The van der Waals surface area contributed by atoms with Crippen molar-refractivity contribution in [2.24, 2.45) is 11.7 Å². The molecule has 1 rings (SSSR count). The zero-order valence-corrected chi connectivity index (χ0v) is 11.9. The topological polar surface area (TPSA) is 64.4 Å². The van der Waals surface area contributed by atoms with Crippen molar-refractivity contribution in [1.29, 1.82) is 0 Å². The lowest BCUT2D eigenvalue weighted by atomic mass is 10.0. The van der Waals surface area contributed by atoms with E-state index in [1.807, 2.05) is 0 Å². The Morgan fingerprint density at radius 3 is 2.33 bits per heavy atom. The van der Waals surface area contributed by atoms with Gasteiger partial charge in [0, 0.05) is 12.0 Å². The predicted molar refractivity (Wildman–Crippen MR) is 72.8 cm³/mol. The standard InChI is InChI=1S/C14H19F3N2O2/c1-9(10(2)18)13(20)19-7-8-21-12-5-3-11(4-6-12)14(15,16)17/h3-6,9-10H,7-8,18H2,1-2H3,(H,19,20). The molecule has 0 bridgehead atoms. The van der Waals surface area contributed by atoms with Crippen molar-refractivity contribution in [3.8, 4) is 5.75 Å². The minimum atomic E-state index is -4.36. The van der Waals surface area contributed by atoms with E-state index in [9.17, 15) is 18.0 Å². The third kappa shape index (κ3) is 5.63. The van der Waals surface area contributed by atoms with E-state index in [4.69, 9.17) is 10.5 Å². The van der Waals surface area contributed by atoms with Crippen LogP contribution in [-0.4, -0.2) is 25.1 Å². The largest absolute Gasteiger partial charge is 0.492 e. The fourth-order valence-electron chi connectivity index (χ4n) is 1.48. The van der Waals surface area contributed by atoms with Crippen LogP contribution in [0.15, 0.2) is 24.3 Å². The van der Waals surface area contributed by atoms with Crippen molar-refractivity contribution in [2.45, 2.75) is 26.1 Å². The number of rotatable bonds is 6. The summed E-state index contributed by atoms with van der Waals surface area (Å²) in [6, 6.07) is 4.14. The van der Waals surface area contributed by atoms with Crippen LogP contribution < -0.4 is 15.8 Å². The lowest BCUT2D eigenvalue weighted by Crippen LogP contribution is -2.40. The van der Waals surface area contributed by atoms with Crippen LogP contribution >= 0.6 is 0 Å². The number of hydrogen-bond donors (Lipinski definition) is 2. The Labute approximate surface area is 121 Å². The molecule has 0 aliphatic rings. The SMILES string of the molecule is CC(N)C(C)C(=O)NCCOc1ccc(C(F)(F)F)cc1. The fraction of sp³-hybridized carbons (Fsp3) is 0.500. The first kappa shape index (κ1) is 17.3. The molecule has 0 aliphatic heterocycles. The number of halogens is 3. The fourth-order valence-corrected chi connectivity index (χ4v) is 1.48. The molecule has 2 atom stereocenters. The number of alkyl halides is 3. The van der Waals surface area contributed by atoms with Crippen molar-refractivity contribution in [2.75, 3.05) is 13.2 Å². The first-order chi connectivity index (χ1) is 9.71. The normalized spacial score (nSPS) is 14.4. The summed E-state index contributed by atoms with van der Waals surface area (Å²) in [6.45, 7) is 3.89. The molecule has 0 saturated carbocycles. The summed E-state index contributed by atoms with van der Waals surface area (Å²) in [5.41, 5.74) is 4.87. The highest BCUT2D eigenvalue weighted by molar-refractivity contribution is 5.78. The number of hydrogen-bond acceptors (Lipinski definition) is 3. The first-order valence-corrected chi connectivity index (χ1v) is 6.55. The molecule has 0 radical (unpaired) electrons. The molecule has 1 aromatic carbocycles. The summed E-state index contributed by atoms with van der Waals surface area (Å²) in [7, 11) is 0. The van der Waals surface area contributed by atoms with Gasteiger partial charge in [-0.05, 0) is 31.2 Å². The van der Waals surface area contributed by atoms with E-state index in [0.29, 0.717) is 5.75 Å². The molecule has 118 valence electrons. The maximum absolute atomic E-state index is 12.4. The van der Waals surface area contributed by atoms with Gasteiger partial charge in [0.2, 0.25) is 5.91 Å². The van der Waals surface area contributed by atoms with Gasteiger partial charge in [0.1, 0.15) is 12.4 Å². The Morgan fingerprint density at radius 2 is 1.86 bits per heavy atom. The van der Waals surface area contributed by atoms with Crippen molar-refractivity contribution >= 4 is 5.91 Å². The van der Waals surface area contributed by atoms with Crippen LogP contribution in [0.25, 0.3) is 0 Å². The maximum atomic E-state index is 12.4. The molecule has 4 nitrogen and oxygen atoms in total. The van der Waals surface area contributed by atoms with E-state index in [1.54, 1.807) is 13.8 Å². The molecular weight excluding hydrogens is 285 g/mol. The summed E-state index contributed by atoms with van der Waals surface area (Å²) < 4.78 is 42.3. The van der Waals surface area contributed by atoms with E-state index in [2.05, 4.69) is 5.32 Å². The molecule has 1 aromatic rings. The summed E-state index contributed by atoms with van der Waals surface area (Å²) in [4.78, 5) is 11.6. The number of benzene rings is 1. The number of nitrogens with one attached hydrogen (secondary N) is 1. The van der Waals surface area contributed by atoms with E-state index in [0.717, 1.165) is 12.1 Å². The van der Waals surface area contributed by atoms with Crippen LogP contribution in [0.5, 0.6) is 5.75 Å². The van der Waals surface area contributed by atoms with Crippen molar-refractivity contribution in [3.05, 3.63) is 29.8 Å². The molecule has 0 heterocycles. The molecule has 0 fully saturated rings. The van der Waals surface area contributed by atoms with Gasteiger partial charge < -0.3 is 15.8 Å². The molecule has 1 amide bonds. The van der Waals surface area contributed by atoms with Gasteiger partial charge in [-0.1, -0.05) is 6.92 Å². The zero-order chi connectivity index (χ0) is 16.0. The molecule has 3 N–H and O–H groups in total. The second kappa shape index (κ2) is 7.31. The summed E-state index contributed by atoms with van der Waals surface area (Å²) in [6.07, 6.45) is -4.36. The molecule has 2 unspecified atom stereocenters. The first-order valence-electron chi connectivity index (χ1n) is 6.55. The van der Waals surface area contributed by atoms with Crippen LogP contribution in [0.2, 0.25) is 0 Å². The predicted octanol–water partition coefficient (Wildman–Crippen LogP) is 2.18. The lowest BCUT2D eigenvalue weighted by molar-refractivity contribution is -0.137. The van der Waals surface area contributed by atoms with Gasteiger partial charge >= 0.3 is 6.18 Å². The average Bonchev–Trinajstić information content (AvgIpc) is 2.42. The molecular formula is C14H19F3N2O2. The van der Waals surface area contributed by atoms with Crippen LogP contribution in [0.3, 0.4) is 0 Å². The quantitative estimate of drug-likeness (QED) is 0.792. The minimum absolute atomic E-state index is 0.169. The summed E-state index contributed by atoms with van der Waals surface area (Å²) >= 11 is 0. The number of carbonyl (C=O) groups excluding carboxylic acids is 1. The van der Waals surface area contributed by atoms with Gasteiger partial charge in [0.25, 0.3) is 0 Å². The van der Waals surface area contributed by atoms with Crippen molar-refractivity contribution < 1.29 is 22.7 Å². The minimum Gasteiger partial charge on any atom is -0.492 e. The molecule has 0 saturated heterocycles.